The van der Waals surface area contributed by atoms with Crippen molar-refractivity contribution < 1.29 is 17.2 Å². The normalized spacial score (nSPS) is 13.7. The lowest BCUT2D eigenvalue weighted by Crippen LogP contribution is -2.11. The highest BCUT2D eigenvalue weighted by Gasteiger charge is 2.14. The highest BCUT2D eigenvalue weighted by atomic mass is 32.2. The van der Waals surface area contributed by atoms with E-state index < -0.39 is 21.1 Å². The van der Waals surface area contributed by atoms with Gasteiger partial charge in [0.15, 0.2) is 0 Å². The highest BCUT2D eigenvalue weighted by molar-refractivity contribution is 7.91. The second-order valence-corrected chi connectivity index (χ2v) is 7.64. The summed E-state index contributed by atoms with van der Waals surface area (Å²) in [4.78, 5) is 0. The average Bonchev–Trinajstić information content (AvgIpc) is 2.96. The first-order valence-corrected chi connectivity index (χ1v) is 8.62. The van der Waals surface area contributed by atoms with Crippen molar-refractivity contribution in [1.29, 1.82) is 0 Å². The van der Waals surface area contributed by atoms with Crippen molar-refractivity contribution >= 4 is 54.0 Å². The van der Waals surface area contributed by atoms with Gasteiger partial charge in [-0.05, 0) is 0 Å². The molecule has 0 spiro atoms. The van der Waals surface area contributed by atoms with Crippen LogP contribution in [0, 0.1) is 0 Å². The molecule has 0 radical (unpaired) electrons. The van der Waals surface area contributed by atoms with Gasteiger partial charge in [0.2, 0.25) is 24.9 Å². The molecule has 2 aromatic heterocycles. The van der Waals surface area contributed by atoms with Crippen molar-refractivity contribution in [2.75, 3.05) is 5.43 Å². The van der Waals surface area contributed by atoms with E-state index in [9.17, 15) is 12.6 Å². The number of hydrogen-bond acceptors (Lipinski definition) is 11. The number of aromatic nitrogens is 4. The second-order valence-electron chi connectivity index (χ2n) is 2.83. The summed E-state index contributed by atoms with van der Waals surface area (Å²) in [7, 11) is -3.92. The van der Waals surface area contributed by atoms with E-state index in [1.165, 1.54) is 0 Å². The fraction of sp³-hybridized carbons (Fsp3) is 0. The third-order valence-electron chi connectivity index (χ3n) is 1.48. The molecule has 4 N–H and O–H groups in total. The van der Waals surface area contributed by atoms with Crippen LogP contribution in [0.5, 0.6) is 0 Å². The Hall–Kier alpha value is -1.46. The van der Waals surface area contributed by atoms with Crippen molar-refractivity contribution in [3.63, 3.8) is 0 Å². The van der Waals surface area contributed by atoms with Gasteiger partial charge in [0.25, 0.3) is 15.2 Å². The minimum Gasteiger partial charge on any atom is -0.300 e. The zero-order valence-corrected chi connectivity index (χ0v) is 12.3. The van der Waals surface area contributed by atoms with Gasteiger partial charge < -0.3 is 4.55 Å². The van der Waals surface area contributed by atoms with Gasteiger partial charge in [0.1, 0.15) is 0 Å². The summed E-state index contributed by atoms with van der Waals surface area (Å²) in [5, 5.41) is 25.6. The first kappa shape index (κ1) is 14.9. The smallest absolute Gasteiger partial charge is 0.267 e. The monoisotopic (exact) mass is 356 g/mol. The first-order chi connectivity index (χ1) is 9.36. The lowest BCUT2D eigenvalue weighted by molar-refractivity contribution is 0.562. The van der Waals surface area contributed by atoms with Gasteiger partial charge in [-0.1, -0.05) is 33.0 Å². The fourth-order valence-corrected chi connectivity index (χ4v) is 3.09. The van der Waals surface area contributed by atoms with Gasteiger partial charge in [0.05, 0.1) is 0 Å². The summed E-state index contributed by atoms with van der Waals surface area (Å²) < 4.78 is 40.8. The van der Waals surface area contributed by atoms with Crippen molar-refractivity contribution in [3.05, 3.63) is 0 Å². The minimum absolute atomic E-state index is 0.0444. The van der Waals surface area contributed by atoms with E-state index in [1.54, 1.807) is 0 Å². The molecule has 1 unspecified atom stereocenters. The van der Waals surface area contributed by atoms with Crippen LogP contribution >= 0.6 is 22.7 Å². The van der Waals surface area contributed by atoms with E-state index in [4.69, 9.17) is 9.69 Å². The van der Waals surface area contributed by atoms with Crippen LogP contribution in [-0.4, -0.2) is 37.6 Å². The summed E-state index contributed by atoms with van der Waals surface area (Å²) in [6, 6.07) is 0. The molecule has 0 fully saturated rings. The first-order valence-electron chi connectivity index (χ1n) is 4.33. The maximum atomic E-state index is 10.9. The van der Waals surface area contributed by atoms with E-state index in [0.717, 1.165) is 11.3 Å². The Morgan fingerprint density at radius 2 is 2.00 bits per heavy atom. The topological polar surface area (TPSA) is 186 Å². The van der Waals surface area contributed by atoms with Crippen LogP contribution in [-0.2, 0) is 21.1 Å². The lowest BCUT2D eigenvalue weighted by atomic mass is 11.3. The molecule has 0 amide bonds. The van der Waals surface area contributed by atoms with E-state index in [1.807, 2.05) is 0 Å². The molecule has 2 heterocycles. The lowest BCUT2D eigenvalue weighted by Gasteiger charge is -1.87. The van der Waals surface area contributed by atoms with E-state index in [2.05, 4.69) is 36.2 Å². The predicted octanol–water partition coefficient (Wildman–Crippen LogP) is -0.272. The summed E-state index contributed by atoms with van der Waals surface area (Å²) in [6.45, 7) is 0. The third kappa shape index (κ3) is 3.77. The molecule has 16 heteroatoms. The Morgan fingerprint density at radius 3 is 2.55 bits per heavy atom. The van der Waals surface area contributed by atoms with Crippen molar-refractivity contribution in [2.45, 2.75) is 8.68 Å². The Morgan fingerprint density at radius 1 is 1.25 bits per heavy atom. The summed E-state index contributed by atoms with van der Waals surface area (Å²) in [5.74, 6) is 0. The Bertz CT molecular complexity index is 763. The maximum absolute atomic E-state index is 10.9. The molecule has 2 rings (SSSR count). The molecule has 20 heavy (non-hydrogen) atoms. The molecule has 0 saturated heterocycles. The molecule has 0 bridgehead atoms. The minimum atomic E-state index is -3.92. The van der Waals surface area contributed by atoms with Gasteiger partial charge in [-0.15, -0.1) is 20.4 Å². The highest BCUT2D eigenvalue weighted by Crippen LogP contribution is 2.22. The van der Waals surface area contributed by atoms with Crippen molar-refractivity contribution in [2.24, 2.45) is 15.5 Å². The SMILES string of the molecule is NS(=O)(=O)c1nnc(N=NNc2nnc(S(=O)O)s2)s1. The Kier molecular flexibility index (Phi) is 4.40. The van der Waals surface area contributed by atoms with Crippen molar-refractivity contribution in [3.8, 4) is 0 Å². The van der Waals surface area contributed by atoms with Gasteiger partial charge in [-0.25, -0.2) is 23.2 Å². The van der Waals surface area contributed by atoms with Crippen LogP contribution in [0.1, 0.15) is 0 Å². The molecular weight excluding hydrogens is 352 g/mol. The molecule has 2 aromatic rings. The van der Waals surface area contributed by atoms with E-state index in [0.29, 0.717) is 11.3 Å². The Labute approximate surface area is 121 Å². The molecule has 12 nitrogen and oxygen atoms in total. The zero-order chi connectivity index (χ0) is 14.8. The Balaban J connectivity index is 2.03. The number of nitrogens with zero attached hydrogens (tertiary/aromatic N) is 6. The van der Waals surface area contributed by atoms with Crippen LogP contribution < -0.4 is 10.6 Å². The van der Waals surface area contributed by atoms with Gasteiger partial charge in [0, 0.05) is 0 Å². The number of primary sulfonamides is 1. The van der Waals surface area contributed by atoms with Crippen LogP contribution in [0.25, 0.3) is 0 Å². The number of sulfonamides is 1. The summed E-state index contributed by atoms with van der Waals surface area (Å²) in [5.41, 5.74) is 2.33. The molecule has 0 aliphatic carbocycles. The number of nitrogens with two attached hydrogens (primary N) is 1. The average molecular weight is 356 g/mol. The number of nitrogens with one attached hydrogen (secondary N) is 1. The third-order valence-corrected chi connectivity index (χ3v) is 5.27. The second kappa shape index (κ2) is 5.89. The zero-order valence-electron chi connectivity index (χ0n) is 9.07. The molecule has 108 valence electrons. The summed E-state index contributed by atoms with van der Waals surface area (Å²) in [6.07, 6.45) is 0. The molecular formula is C4H4N8O4S4. The molecule has 1 atom stereocenters. The fourth-order valence-electron chi connectivity index (χ4n) is 0.794. The standard InChI is InChI=1S/C4H4N8O4S4/c5-20(15,16)4-11-7-2(18-4)9-12-8-1-6-10-3(17-1)19(13)14/h(H,13,14)(H2,5,15,16)(H,6,7,8,9). The molecule has 0 aliphatic rings. The number of rotatable bonds is 5. The number of anilines is 1. The van der Waals surface area contributed by atoms with Gasteiger partial charge in [-0.2, -0.15) is 0 Å². The largest absolute Gasteiger partial charge is 0.300 e. The van der Waals surface area contributed by atoms with Crippen LogP contribution in [0.2, 0.25) is 0 Å². The summed E-state index contributed by atoms with van der Waals surface area (Å²) >= 11 is -0.797. The van der Waals surface area contributed by atoms with Crippen LogP contribution in [0.15, 0.2) is 19.0 Å². The quantitative estimate of drug-likeness (QED) is 0.368. The predicted molar refractivity (Wildman–Crippen MR) is 68.4 cm³/mol. The molecule has 0 aromatic carbocycles. The van der Waals surface area contributed by atoms with E-state index in [-0.39, 0.29) is 18.9 Å². The van der Waals surface area contributed by atoms with Crippen molar-refractivity contribution in [1.82, 2.24) is 20.4 Å². The molecule has 0 aliphatic heterocycles. The van der Waals surface area contributed by atoms with Crippen LogP contribution in [0.3, 0.4) is 0 Å². The van der Waals surface area contributed by atoms with E-state index >= 15 is 0 Å². The van der Waals surface area contributed by atoms with Crippen LogP contribution in [0.4, 0.5) is 10.3 Å². The molecule has 0 saturated carbocycles. The van der Waals surface area contributed by atoms with Gasteiger partial charge >= 0.3 is 0 Å². The maximum Gasteiger partial charge on any atom is 0.267 e. The van der Waals surface area contributed by atoms with Gasteiger partial charge in [-0.3, -0.25) is 0 Å². The number of hydrogen-bond donors (Lipinski definition) is 3.